The van der Waals surface area contributed by atoms with Crippen LogP contribution in [-0.2, 0) is 19.1 Å². The van der Waals surface area contributed by atoms with Gasteiger partial charge in [0.2, 0.25) is 0 Å². The molecular formula is C10H17N3O. The van der Waals surface area contributed by atoms with Crippen LogP contribution in [0.1, 0.15) is 24.6 Å². The van der Waals surface area contributed by atoms with Gasteiger partial charge in [-0.05, 0) is 25.3 Å². The van der Waals surface area contributed by atoms with Crippen LogP contribution in [0.5, 0.6) is 0 Å². The van der Waals surface area contributed by atoms with Crippen LogP contribution in [-0.4, -0.2) is 21.4 Å². The highest BCUT2D eigenvalue weighted by Crippen LogP contribution is 2.42. The minimum atomic E-state index is -0.752. The fraction of sp³-hybridized carbons (Fsp3) is 0.700. The predicted molar refractivity (Wildman–Crippen MR) is 53.6 cm³/mol. The molecule has 78 valence electrons. The van der Waals surface area contributed by atoms with Gasteiger partial charge < -0.3 is 10.8 Å². The van der Waals surface area contributed by atoms with E-state index >= 15 is 0 Å². The number of aryl methyl sites for hydroxylation is 1. The highest BCUT2D eigenvalue weighted by Gasteiger charge is 2.44. The molecule has 0 amide bonds. The maximum absolute atomic E-state index is 10.5. The molecule has 4 heteroatoms. The average Bonchev–Trinajstić information content (AvgIpc) is 2.58. The molecule has 1 aliphatic rings. The molecule has 14 heavy (non-hydrogen) atoms. The van der Waals surface area contributed by atoms with Gasteiger partial charge in [0.1, 0.15) is 0 Å². The van der Waals surface area contributed by atoms with Crippen molar-refractivity contribution in [2.45, 2.75) is 25.4 Å². The van der Waals surface area contributed by atoms with Crippen LogP contribution in [0.15, 0.2) is 6.20 Å². The van der Waals surface area contributed by atoms with Gasteiger partial charge in [0.05, 0.1) is 11.8 Å². The van der Waals surface area contributed by atoms with Gasteiger partial charge in [-0.15, -0.1) is 0 Å². The van der Waals surface area contributed by atoms with Crippen molar-refractivity contribution in [3.05, 3.63) is 17.5 Å². The molecule has 3 N–H and O–H groups in total. The minimum absolute atomic E-state index is 0.241. The van der Waals surface area contributed by atoms with Gasteiger partial charge >= 0.3 is 0 Å². The van der Waals surface area contributed by atoms with E-state index in [1.807, 2.05) is 11.7 Å². The maximum Gasteiger partial charge on any atom is 0.0970 e. The normalized spacial score (nSPS) is 30.7. The summed E-state index contributed by atoms with van der Waals surface area (Å²) in [6.07, 6.45) is 3.28. The molecule has 0 aliphatic heterocycles. The van der Waals surface area contributed by atoms with E-state index in [2.05, 4.69) is 12.0 Å². The fourth-order valence-corrected chi connectivity index (χ4v) is 2.39. The zero-order valence-electron chi connectivity index (χ0n) is 8.70. The van der Waals surface area contributed by atoms with Gasteiger partial charge in [0, 0.05) is 18.3 Å². The molecule has 1 aliphatic carbocycles. The molecule has 1 aromatic heterocycles. The Morgan fingerprint density at radius 3 is 3.14 bits per heavy atom. The molecule has 0 radical (unpaired) electrons. The molecule has 0 spiro atoms. The average molecular weight is 195 g/mol. The van der Waals surface area contributed by atoms with E-state index in [4.69, 9.17) is 5.73 Å². The quantitative estimate of drug-likeness (QED) is 0.706. The molecule has 2 rings (SSSR count). The molecule has 0 bridgehead atoms. The first-order valence-electron chi connectivity index (χ1n) is 5.03. The summed E-state index contributed by atoms with van der Waals surface area (Å²) in [5, 5.41) is 14.7. The molecule has 0 saturated carbocycles. The Balaban J connectivity index is 2.43. The smallest absolute Gasteiger partial charge is 0.0970 e. The number of hydrogen-bond acceptors (Lipinski definition) is 3. The highest BCUT2D eigenvalue weighted by atomic mass is 16.3. The van der Waals surface area contributed by atoms with E-state index in [1.165, 1.54) is 0 Å². The first-order chi connectivity index (χ1) is 6.59. The minimum Gasteiger partial charge on any atom is -0.385 e. The molecule has 0 saturated heterocycles. The van der Waals surface area contributed by atoms with Crippen molar-refractivity contribution < 1.29 is 5.11 Å². The number of rotatable bonds is 2. The summed E-state index contributed by atoms with van der Waals surface area (Å²) in [6.45, 7) is 2.57. The van der Waals surface area contributed by atoms with Crippen molar-refractivity contribution in [3.63, 3.8) is 0 Å². The van der Waals surface area contributed by atoms with Crippen LogP contribution in [0.25, 0.3) is 0 Å². The van der Waals surface area contributed by atoms with E-state index in [0.717, 1.165) is 17.7 Å². The number of nitrogens with zero attached hydrogens (tertiary/aromatic N) is 2. The summed E-state index contributed by atoms with van der Waals surface area (Å²) in [7, 11) is 1.92. The largest absolute Gasteiger partial charge is 0.385 e. The lowest BCUT2D eigenvalue weighted by atomic mass is 9.86. The maximum atomic E-state index is 10.5. The van der Waals surface area contributed by atoms with Gasteiger partial charge in [-0.2, -0.15) is 5.10 Å². The van der Waals surface area contributed by atoms with Crippen LogP contribution in [0.4, 0.5) is 0 Å². The number of aliphatic hydroxyl groups is 1. The van der Waals surface area contributed by atoms with Gasteiger partial charge in [-0.1, -0.05) is 6.92 Å². The van der Waals surface area contributed by atoms with E-state index < -0.39 is 5.60 Å². The number of fused-ring (bicyclic) bond motifs is 1. The van der Waals surface area contributed by atoms with Crippen molar-refractivity contribution >= 4 is 0 Å². The SMILES string of the molecule is CC1Cc2c(cnn2C)C1(O)CCN. The summed E-state index contributed by atoms with van der Waals surface area (Å²) in [5.41, 5.74) is 6.90. The number of hydrogen-bond donors (Lipinski definition) is 2. The third-order valence-corrected chi connectivity index (χ3v) is 3.37. The van der Waals surface area contributed by atoms with Crippen LogP contribution in [0.2, 0.25) is 0 Å². The summed E-state index contributed by atoms with van der Waals surface area (Å²) in [4.78, 5) is 0. The first-order valence-corrected chi connectivity index (χ1v) is 5.03. The summed E-state index contributed by atoms with van der Waals surface area (Å²) < 4.78 is 1.85. The summed E-state index contributed by atoms with van der Waals surface area (Å²) in [5.74, 6) is 0.241. The number of aromatic nitrogens is 2. The van der Waals surface area contributed by atoms with Crippen molar-refractivity contribution in [2.75, 3.05) is 6.54 Å². The highest BCUT2D eigenvalue weighted by molar-refractivity contribution is 5.32. The second-order valence-corrected chi connectivity index (χ2v) is 4.20. The van der Waals surface area contributed by atoms with Crippen LogP contribution in [0, 0.1) is 5.92 Å². The third kappa shape index (κ3) is 1.11. The summed E-state index contributed by atoms with van der Waals surface area (Å²) in [6, 6.07) is 0. The Kier molecular flexibility index (Phi) is 2.12. The Bertz CT molecular complexity index is 347. The Morgan fingerprint density at radius 2 is 2.50 bits per heavy atom. The second kappa shape index (κ2) is 3.07. The van der Waals surface area contributed by atoms with E-state index in [0.29, 0.717) is 13.0 Å². The number of nitrogens with two attached hydrogens (primary N) is 1. The third-order valence-electron chi connectivity index (χ3n) is 3.37. The summed E-state index contributed by atoms with van der Waals surface area (Å²) >= 11 is 0. The predicted octanol–water partition coefficient (Wildman–Crippen LogP) is 0.149. The second-order valence-electron chi connectivity index (χ2n) is 4.20. The van der Waals surface area contributed by atoms with Crippen molar-refractivity contribution in [1.82, 2.24) is 9.78 Å². The van der Waals surface area contributed by atoms with Crippen LogP contribution >= 0.6 is 0 Å². The van der Waals surface area contributed by atoms with E-state index in [-0.39, 0.29) is 5.92 Å². The van der Waals surface area contributed by atoms with Crippen LogP contribution < -0.4 is 5.73 Å². The molecule has 0 fully saturated rings. The van der Waals surface area contributed by atoms with Crippen molar-refractivity contribution in [2.24, 2.45) is 18.7 Å². The van der Waals surface area contributed by atoms with Gasteiger partial charge in [0.25, 0.3) is 0 Å². The fourth-order valence-electron chi connectivity index (χ4n) is 2.39. The molecule has 2 unspecified atom stereocenters. The van der Waals surface area contributed by atoms with Crippen molar-refractivity contribution in [1.29, 1.82) is 0 Å². The molecule has 4 nitrogen and oxygen atoms in total. The van der Waals surface area contributed by atoms with Gasteiger partial charge in [0.15, 0.2) is 0 Å². The Hall–Kier alpha value is -0.870. The first kappa shape index (κ1) is 9.68. The molecule has 1 aromatic rings. The topological polar surface area (TPSA) is 64.1 Å². The molecule has 1 heterocycles. The lowest BCUT2D eigenvalue weighted by Crippen LogP contribution is -2.32. The monoisotopic (exact) mass is 195 g/mol. The van der Waals surface area contributed by atoms with Gasteiger partial charge in [-0.25, -0.2) is 0 Å². The lowest BCUT2D eigenvalue weighted by molar-refractivity contribution is -0.0104. The van der Waals surface area contributed by atoms with Crippen molar-refractivity contribution in [3.8, 4) is 0 Å². The molecule has 2 atom stereocenters. The Labute approximate surface area is 83.7 Å². The van der Waals surface area contributed by atoms with Crippen LogP contribution in [0.3, 0.4) is 0 Å². The van der Waals surface area contributed by atoms with E-state index in [1.54, 1.807) is 6.20 Å². The Morgan fingerprint density at radius 1 is 1.79 bits per heavy atom. The zero-order chi connectivity index (χ0) is 10.3. The van der Waals surface area contributed by atoms with E-state index in [9.17, 15) is 5.11 Å². The molecular weight excluding hydrogens is 178 g/mol. The standard InChI is InChI=1S/C10H17N3O/c1-7-5-9-8(6-12-13(9)2)10(7,14)3-4-11/h6-7,14H,3-5,11H2,1-2H3. The van der Waals surface area contributed by atoms with Gasteiger partial charge in [-0.3, -0.25) is 4.68 Å². The zero-order valence-corrected chi connectivity index (χ0v) is 8.70. The molecule has 0 aromatic carbocycles. The lowest BCUT2D eigenvalue weighted by Gasteiger charge is -2.27.